The Morgan fingerprint density at radius 3 is 2.63 bits per heavy atom. The van der Waals surface area contributed by atoms with Crippen LogP contribution in [0.2, 0.25) is 0 Å². The van der Waals surface area contributed by atoms with Crippen molar-refractivity contribution in [2.75, 3.05) is 11.9 Å². The van der Waals surface area contributed by atoms with E-state index in [2.05, 4.69) is 37.2 Å². The van der Waals surface area contributed by atoms with Gasteiger partial charge >= 0.3 is 0 Å². The van der Waals surface area contributed by atoms with E-state index in [-0.39, 0.29) is 5.82 Å². The van der Waals surface area contributed by atoms with Gasteiger partial charge in [-0.15, -0.1) is 0 Å². The van der Waals surface area contributed by atoms with Gasteiger partial charge in [-0.3, -0.25) is 0 Å². The summed E-state index contributed by atoms with van der Waals surface area (Å²) in [4.78, 5) is 0. The van der Waals surface area contributed by atoms with Crippen molar-refractivity contribution in [3.63, 3.8) is 0 Å². The van der Waals surface area contributed by atoms with E-state index in [0.29, 0.717) is 11.0 Å². The summed E-state index contributed by atoms with van der Waals surface area (Å²) in [7, 11) is 0. The van der Waals surface area contributed by atoms with Crippen LogP contribution in [0.4, 0.5) is 10.1 Å². The van der Waals surface area contributed by atoms with E-state index in [9.17, 15) is 9.50 Å². The summed E-state index contributed by atoms with van der Waals surface area (Å²) < 4.78 is 14.4. The second kappa shape index (κ2) is 6.50. The van der Waals surface area contributed by atoms with Crippen LogP contribution in [0.3, 0.4) is 0 Å². The van der Waals surface area contributed by atoms with Gasteiger partial charge in [-0.05, 0) is 51.8 Å². The van der Waals surface area contributed by atoms with Crippen molar-refractivity contribution in [1.29, 1.82) is 0 Å². The Morgan fingerprint density at radius 1 is 1.16 bits per heavy atom. The number of hydrogen-bond donors (Lipinski definition) is 2. The number of benzene rings is 2. The Bertz CT molecular complexity index is 577. The third-order valence-electron chi connectivity index (χ3n) is 2.65. The lowest BCUT2D eigenvalue weighted by molar-refractivity contribution is 0.191. The molecule has 2 N–H and O–H groups in total. The van der Waals surface area contributed by atoms with Crippen LogP contribution in [0.25, 0.3) is 0 Å². The molecule has 0 aliphatic rings. The van der Waals surface area contributed by atoms with Crippen molar-refractivity contribution in [3.05, 3.63) is 62.8 Å². The van der Waals surface area contributed by atoms with Crippen molar-refractivity contribution in [1.82, 2.24) is 0 Å². The third kappa shape index (κ3) is 4.03. The molecule has 0 saturated heterocycles. The maximum absolute atomic E-state index is 13.1. The zero-order chi connectivity index (χ0) is 13.8. The fourth-order valence-corrected chi connectivity index (χ4v) is 2.45. The maximum atomic E-state index is 13.1. The van der Waals surface area contributed by atoms with E-state index in [1.807, 2.05) is 24.3 Å². The molecular formula is C14H12Br2FNO. The quantitative estimate of drug-likeness (QED) is 0.808. The number of rotatable bonds is 4. The minimum atomic E-state index is -0.624. The van der Waals surface area contributed by atoms with Crippen LogP contribution in [0.5, 0.6) is 0 Å². The van der Waals surface area contributed by atoms with E-state index in [1.54, 1.807) is 12.1 Å². The molecule has 0 bridgehead atoms. The van der Waals surface area contributed by atoms with Gasteiger partial charge in [0.2, 0.25) is 0 Å². The highest BCUT2D eigenvalue weighted by atomic mass is 79.9. The largest absolute Gasteiger partial charge is 0.387 e. The molecule has 1 unspecified atom stereocenters. The summed E-state index contributed by atoms with van der Waals surface area (Å²) in [5, 5.41) is 13.1. The molecule has 0 radical (unpaired) electrons. The summed E-state index contributed by atoms with van der Waals surface area (Å²) in [5.41, 5.74) is 1.57. The van der Waals surface area contributed by atoms with Crippen molar-refractivity contribution in [3.8, 4) is 0 Å². The van der Waals surface area contributed by atoms with Crippen molar-refractivity contribution in [2.45, 2.75) is 6.10 Å². The monoisotopic (exact) mass is 387 g/mol. The predicted octanol–water partition coefficient (Wildman–Crippen LogP) is 4.50. The third-order valence-corrected chi connectivity index (χ3v) is 3.75. The highest BCUT2D eigenvalue weighted by molar-refractivity contribution is 9.10. The lowest BCUT2D eigenvalue weighted by Gasteiger charge is -2.13. The Morgan fingerprint density at radius 2 is 1.95 bits per heavy atom. The predicted molar refractivity (Wildman–Crippen MR) is 81.7 cm³/mol. The number of anilines is 1. The van der Waals surface area contributed by atoms with Gasteiger partial charge in [-0.25, -0.2) is 4.39 Å². The molecule has 0 aromatic heterocycles. The van der Waals surface area contributed by atoms with Gasteiger partial charge < -0.3 is 10.4 Å². The van der Waals surface area contributed by atoms with E-state index in [0.717, 1.165) is 15.7 Å². The van der Waals surface area contributed by atoms with Crippen LogP contribution in [-0.4, -0.2) is 11.7 Å². The van der Waals surface area contributed by atoms with Crippen molar-refractivity contribution >= 4 is 37.5 Å². The summed E-state index contributed by atoms with van der Waals surface area (Å²) in [6.07, 6.45) is -0.624. The topological polar surface area (TPSA) is 32.3 Å². The Labute approximate surface area is 127 Å². The molecule has 0 amide bonds. The molecular weight excluding hydrogens is 377 g/mol. The summed E-state index contributed by atoms with van der Waals surface area (Å²) >= 11 is 6.49. The van der Waals surface area contributed by atoms with E-state index >= 15 is 0 Å². The van der Waals surface area contributed by atoms with Crippen LogP contribution in [-0.2, 0) is 0 Å². The standard InChI is InChI=1S/C14H12Br2FNO/c15-10-3-1-2-9(6-10)14(19)8-18-11-4-5-13(17)12(16)7-11/h1-7,14,18-19H,8H2. The van der Waals surface area contributed by atoms with Gasteiger partial charge in [-0.2, -0.15) is 0 Å². The van der Waals surface area contributed by atoms with Crippen molar-refractivity contribution in [2.24, 2.45) is 0 Å². The molecule has 0 aliphatic heterocycles. The zero-order valence-electron chi connectivity index (χ0n) is 9.91. The molecule has 1 atom stereocenters. The summed E-state index contributed by atoms with van der Waals surface area (Å²) in [6, 6.07) is 12.1. The Balaban J connectivity index is 2.00. The molecule has 0 spiro atoms. The average molecular weight is 389 g/mol. The van der Waals surface area contributed by atoms with E-state index in [4.69, 9.17) is 0 Å². The number of aliphatic hydroxyl groups is 1. The highest BCUT2D eigenvalue weighted by Crippen LogP contribution is 2.22. The first kappa shape index (κ1) is 14.5. The molecule has 5 heteroatoms. The fraction of sp³-hybridized carbons (Fsp3) is 0.143. The van der Waals surface area contributed by atoms with Crippen LogP contribution < -0.4 is 5.32 Å². The van der Waals surface area contributed by atoms with Gasteiger partial charge in [-0.1, -0.05) is 28.1 Å². The van der Waals surface area contributed by atoms with E-state index < -0.39 is 6.10 Å². The van der Waals surface area contributed by atoms with Gasteiger partial charge in [0.25, 0.3) is 0 Å². The molecule has 2 aromatic carbocycles. The molecule has 2 rings (SSSR count). The molecule has 2 nitrogen and oxygen atoms in total. The first-order valence-electron chi connectivity index (χ1n) is 5.69. The number of nitrogens with one attached hydrogen (secondary N) is 1. The number of hydrogen-bond acceptors (Lipinski definition) is 2. The summed E-state index contributed by atoms with van der Waals surface area (Å²) in [5.74, 6) is -0.307. The molecule has 0 aliphatic carbocycles. The maximum Gasteiger partial charge on any atom is 0.137 e. The number of aliphatic hydroxyl groups excluding tert-OH is 1. The zero-order valence-corrected chi connectivity index (χ0v) is 13.1. The highest BCUT2D eigenvalue weighted by Gasteiger charge is 2.08. The second-order valence-corrected chi connectivity index (χ2v) is 5.85. The fourth-order valence-electron chi connectivity index (χ4n) is 1.65. The van der Waals surface area contributed by atoms with Crippen LogP contribution in [0, 0.1) is 5.82 Å². The second-order valence-electron chi connectivity index (χ2n) is 4.08. The van der Waals surface area contributed by atoms with Crippen molar-refractivity contribution < 1.29 is 9.50 Å². The molecule has 0 heterocycles. The minimum Gasteiger partial charge on any atom is -0.387 e. The molecule has 0 saturated carbocycles. The van der Waals surface area contributed by atoms with Crippen LogP contribution >= 0.6 is 31.9 Å². The Hall–Kier alpha value is -0.910. The van der Waals surface area contributed by atoms with Crippen LogP contribution in [0.15, 0.2) is 51.4 Å². The molecule has 100 valence electrons. The lowest BCUT2D eigenvalue weighted by Crippen LogP contribution is -2.12. The van der Waals surface area contributed by atoms with Gasteiger partial charge in [0.15, 0.2) is 0 Å². The molecule has 2 aromatic rings. The van der Waals surface area contributed by atoms with Gasteiger partial charge in [0, 0.05) is 16.7 Å². The first-order chi connectivity index (χ1) is 9.06. The Kier molecular flexibility index (Phi) is 4.96. The lowest BCUT2D eigenvalue weighted by atomic mass is 10.1. The average Bonchev–Trinajstić information content (AvgIpc) is 2.40. The normalized spacial score (nSPS) is 12.2. The van der Waals surface area contributed by atoms with Gasteiger partial charge in [0.05, 0.1) is 10.6 Å². The first-order valence-corrected chi connectivity index (χ1v) is 7.27. The summed E-state index contributed by atoms with van der Waals surface area (Å²) in [6.45, 7) is 0.356. The number of halogens is 3. The molecule has 19 heavy (non-hydrogen) atoms. The van der Waals surface area contributed by atoms with E-state index in [1.165, 1.54) is 6.07 Å². The molecule has 0 fully saturated rings. The minimum absolute atomic E-state index is 0.307. The van der Waals surface area contributed by atoms with Crippen LogP contribution in [0.1, 0.15) is 11.7 Å². The SMILES string of the molecule is OC(CNc1ccc(F)c(Br)c1)c1cccc(Br)c1. The smallest absolute Gasteiger partial charge is 0.137 e. The van der Waals surface area contributed by atoms with Gasteiger partial charge in [0.1, 0.15) is 5.82 Å².